The van der Waals surface area contributed by atoms with Crippen molar-refractivity contribution < 1.29 is 0 Å². The van der Waals surface area contributed by atoms with Gasteiger partial charge in [-0.05, 0) is 69.2 Å². The van der Waals surface area contributed by atoms with E-state index in [0.29, 0.717) is 5.41 Å². The fourth-order valence-electron chi connectivity index (χ4n) is 5.03. The Bertz CT molecular complexity index is 829. The zero-order valence-corrected chi connectivity index (χ0v) is 16.1. The van der Waals surface area contributed by atoms with Gasteiger partial charge in [-0.2, -0.15) is 0 Å². The normalized spacial score (nSPS) is 33.0. The largest absolute Gasteiger partial charge is 0.302 e. The molecule has 4 aliphatic rings. The Balaban J connectivity index is 1.50. The Morgan fingerprint density at radius 2 is 2.04 bits per heavy atom. The molecule has 0 radical (unpaired) electrons. The summed E-state index contributed by atoms with van der Waals surface area (Å²) in [6, 6.07) is 7.65. The van der Waals surface area contributed by atoms with Crippen molar-refractivity contribution in [2.75, 3.05) is 20.1 Å². The van der Waals surface area contributed by atoms with E-state index in [1.54, 1.807) is 0 Å². The van der Waals surface area contributed by atoms with Crippen molar-refractivity contribution in [2.45, 2.75) is 56.9 Å². The lowest BCUT2D eigenvalue weighted by Gasteiger charge is -2.50. The number of hydrogen-bond donors (Lipinski definition) is 0. The summed E-state index contributed by atoms with van der Waals surface area (Å²) in [4.78, 5) is 12.5. The maximum atomic E-state index is 5.15. The molecule has 1 aromatic heterocycles. The van der Waals surface area contributed by atoms with Crippen LogP contribution in [0.3, 0.4) is 0 Å². The molecule has 2 bridgehead atoms. The van der Waals surface area contributed by atoms with Crippen LogP contribution in [0.2, 0.25) is 0 Å². The van der Waals surface area contributed by atoms with Gasteiger partial charge in [0.15, 0.2) is 0 Å². The molecule has 3 nitrogen and oxygen atoms in total. The Morgan fingerprint density at radius 1 is 1.20 bits per heavy atom. The fourth-order valence-corrected chi connectivity index (χ4v) is 6.21. The molecule has 3 aliphatic heterocycles. The van der Waals surface area contributed by atoms with Crippen molar-refractivity contribution in [2.24, 2.45) is 10.9 Å². The van der Waals surface area contributed by atoms with E-state index in [9.17, 15) is 0 Å². The van der Waals surface area contributed by atoms with E-state index in [-0.39, 0.29) is 0 Å². The molecule has 1 atom stereocenters. The van der Waals surface area contributed by atoms with Gasteiger partial charge in [-0.15, -0.1) is 11.3 Å². The molecule has 2 saturated heterocycles. The zero-order valence-electron chi connectivity index (χ0n) is 15.3. The molecular weight excluding hydrogens is 326 g/mol. The number of hydrogen-bond acceptors (Lipinski definition) is 4. The summed E-state index contributed by atoms with van der Waals surface area (Å²) in [6.07, 6.45) is 7.69. The van der Waals surface area contributed by atoms with Crippen LogP contribution in [-0.2, 0) is 5.41 Å². The highest BCUT2D eigenvalue weighted by atomic mass is 32.1. The van der Waals surface area contributed by atoms with E-state index in [0.717, 1.165) is 24.9 Å². The van der Waals surface area contributed by atoms with Gasteiger partial charge in [-0.1, -0.05) is 13.0 Å². The zero-order chi connectivity index (χ0) is 17.0. The first-order valence-electron chi connectivity index (χ1n) is 9.78. The quantitative estimate of drug-likeness (QED) is 0.787. The summed E-state index contributed by atoms with van der Waals surface area (Å²) < 4.78 is 1.34. The van der Waals surface area contributed by atoms with Gasteiger partial charge in [-0.3, -0.25) is 4.99 Å². The van der Waals surface area contributed by atoms with Crippen LogP contribution >= 0.6 is 11.3 Å². The molecule has 1 aromatic carbocycles. The van der Waals surface area contributed by atoms with E-state index in [1.807, 2.05) is 11.3 Å². The number of nitrogens with zero attached hydrogens (tertiary/aromatic N) is 3. The minimum atomic E-state index is 0.311. The summed E-state index contributed by atoms with van der Waals surface area (Å²) in [6.45, 7) is 4.46. The fraction of sp³-hybridized carbons (Fsp3) is 0.619. The van der Waals surface area contributed by atoms with Gasteiger partial charge < -0.3 is 4.90 Å². The molecule has 6 rings (SSSR count). The predicted octanol–water partition coefficient (Wildman–Crippen LogP) is 4.64. The average molecular weight is 354 g/mol. The maximum absolute atomic E-state index is 5.15. The van der Waals surface area contributed by atoms with Gasteiger partial charge >= 0.3 is 0 Å². The predicted molar refractivity (Wildman–Crippen MR) is 106 cm³/mol. The Kier molecular flexibility index (Phi) is 3.75. The first kappa shape index (κ1) is 16.0. The molecule has 4 heteroatoms. The third-order valence-electron chi connectivity index (χ3n) is 6.73. The van der Waals surface area contributed by atoms with Gasteiger partial charge in [-0.25, -0.2) is 4.98 Å². The summed E-state index contributed by atoms with van der Waals surface area (Å²) in [5.41, 5.74) is 4.07. The smallest absolute Gasteiger partial charge is 0.101 e. The van der Waals surface area contributed by atoms with E-state index < -0.39 is 0 Å². The topological polar surface area (TPSA) is 28.5 Å². The van der Waals surface area contributed by atoms with Gasteiger partial charge in [0, 0.05) is 30.3 Å². The van der Waals surface area contributed by atoms with Gasteiger partial charge in [0.25, 0.3) is 0 Å². The second kappa shape index (κ2) is 5.88. The van der Waals surface area contributed by atoms with Gasteiger partial charge in [0.05, 0.1) is 10.2 Å². The number of thiazole rings is 1. The van der Waals surface area contributed by atoms with Crippen molar-refractivity contribution in [3.05, 3.63) is 28.8 Å². The number of benzene rings is 1. The monoisotopic (exact) mass is 353 g/mol. The minimum Gasteiger partial charge on any atom is -0.302 e. The van der Waals surface area contributed by atoms with E-state index in [2.05, 4.69) is 37.1 Å². The highest BCUT2D eigenvalue weighted by Crippen LogP contribution is 2.47. The highest BCUT2D eigenvalue weighted by Gasteiger charge is 2.46. The first-order valence-corrected chi connectivity index (χ1v) is 10.6. The molecule has 1 unspecified atom stereocenters. The van der Waals surface area contributed by atoms with Crippen LogP contribution in [0.25, 0.3) is 10.2 Å². The summed E-state index contributed by atoms with van der Waals surface area (Å²) in [5, 5.41) is 1.38. The molecule has 0 amide bonds. The summed E-state index contributed by atoms with van der Waals surface area (Å²) in [7, 11) is 2.30. The molecule has 2 aromatic rings. The number of likely N-dealkylation sites (N-methyl/N-ethyl adjacent to an activating group) is 1. The third-order valence-corrected chi connectivity index (χ3v) is 8.01. The molecular formula is C21H27N3S. The first-order chi connectivity index (χ1) is 12.1. The number of aromatic nitrogens is 1. The van der Waals surface area contributed by atoms with Crippen LogP contribution in [0.15, 0.2) is 23.2 Å². The summed E-state index contributed by atoms with van der Waals surface area (Å²) in [5.74, 6) is 0.732. The lowest BCUT2D eigenvalue weighted by atomic mass is 9.68. The molecule has 0 spiro atoms. The van der Waals surface area contributed by atoms with E-state index >= 15 is 0 Å². The van der Waals surface area contributed by atoms with Crippen molar-refractivity contribution in [1.29, 1.82) is 0 Å². The van der Waals surface area contributed by atoms with Gasteiger partial charge in [0.1, 0.15) is 5.01 Å². The van der Waals surface area contributed by atoms with Crippen LogP contribution in [-0.4, -0.2) is 41.8 Å². The second-order valence-electron chi connectivity index (χ2n) is 8.56. The van der Waals surface area contributed by atoms with E-state index in [1.165, 1.54) is 65.1 Å². The Morgan fingerprint density at radius 3 is 2.76 bits per heavy atom. The van der Waals surface area contributed by atoms with Crippen LogP contribution in [0, 0.1) is 5.92 Å². The van der Waals surface area contributed by atoms with E-state index in [4.69, 9.17) is 9.98 Å². The number of fused-ring (bicyclic) bond motifs is 4. The van der Waals surface area contributed by atoms with Crippen molar-refractivity contribution >= 4 is 27.3 Å². The molecule has 0 N–H and O–H groups in total. The molecule has 4 heterocycles. The molecule has 1 saturated carbocycles. The SMILES string of the molecule is CC1CCC(c2ccc3sc(C45CCC(CC4)N(C)C5)nc3c2)=NC1. The lowest BCUT2D eigenvalue weighted by Crippen LogP contribution is -2.54. The standard InChI is InChI=1S/C21H27N3S/c1-14-3-5-17(22-12-14)15-4-6-19-18(11-15)23-20(25-19)21-9-7-16(8-10-21)24(2)13-21/h4,6,11,14,16H,3,5,7-10,12-13H2,1-2H3. The Hall–Kier alpha value is -1.26. The van der Waals surface area contributed by atoms with Crippen LogP contribution in [0.4, 0.5) is 0 Å². The van der Waals surface area contributed by atoms with Crippen molar-refractivity contribution in [3.8, 4) is 0 Å². The Labute approximate surface area is 154 Å². The van der Waals surface area contributed by atoms with Crippen LogP contribution in [0.5, 0.6) is 0 Å². The number of piperidine rings is 2. The highest BCUT2D eigenvalue weighted by molar-refractivity contribution is 7.18. The average Bonchev–Trinajstić information content (AvgIpc) is 3.07. The summed E-state index contributed by atoms with van der Waals surface area (Å²) >= 11 is 1.93. The van der Waals surface area contributed by atoms with Crippen LogP contribution < -0.4 is 0 Å². The lowest BCUT2D eigenvalue weighted by molar-refractivity contribution is 0.0460. The molecule has 1 aliphatic carbocycles. The van der Waals surface area contributed by atoms with Crippen molar-refractivity contribution in [1.82, 2.24) is 9.88 Å². The van der Waals surface area contributed by atoms with Crippen molar-refractivity contribution in [3.63, 3.8) is 0 Å². The number of aliphatic imine (C=N–C) groups is 1. The van der Waals surface area contributed by atoms with Gasteiger partial charge in [0.2, 0.25) is 0 Å². The second-order valence-corrected chi connectivity index (χ2v) is 9.59. The maximum Gasteiger partial charge on any atom is 0.101 e. The minimum absolute atomic E-state index is 0.311. The third kappa shape index (κ3) is 2.65. The molecule has 3 fully saturated rings. The number of rotatable bonds is 2. The molecule has 132 valence electrons. The molecule has 25 heavy (non-hydrogen) atoms. The van der Waals surface area contributed by atoms with Crippen LogP contribution in [0.1, 0.15) is 56.0 Å².